The SMILES string of the molecule is CCCNC(=O)N1[C@H](CO)[C@H]2c3ccccc3N(C(=O)Nc3cccc(F)c3)C[C@H]21. The number of nitrogens with zero attached hydrogens (tertiary/aromatic N) is 2. The highest BCUT2D eigenvalue weighted by Gasteiger charge is 2.55. The molecule has 2 aromatic carbocycles. The second-order valence-electron chi connectivity index (χ2n) is 7.59. The van der Waals surface area contributed by atoms with Gasteiger partial charge in [0.1, 0.15) is 5.82 Å². The first-order valence-electron chi connectivity index (χ1n) is 10.1. The summed E-state index contributed by atoms with van der Waals surface area (Å²) in [6.45, 7) is 2.66. The lowest BCUT2D eigenvalue weighted by Gasteiger charge is -2.58. The zero-order chi connectivity index (χ0) is 21.3. The molecule has 2 aliphatic heterocycles. The van der Waals surface area contributed by atoms with Gasteiger partial charge < -0.3 is 20.6 Å². The van der Waals surface area contributed by atoms with Crippen LogP contribution in [-0.2, 0) is 0 Å². The molecule has 0 bridgehead atoms. The molecule has 0 aromatic heterocycles. The molecule has 8 heteroatoms. The van der Waals surface area contributed by atoms with Crippen LogP contribution in [0.1, 0.15) is 24.8 Å². The number of likely N-dealkylation sites (tertiary alicyclic amines) is 1. The zero-order valence-electron chi connectivity index (χ0n) is 16.7. The Balaban J connectivity index is 1.62. The Hall–Kier alpha value is -3.13. The molecule has 2 aliphatic rings. The van der Waals surface area contributed by atoms with Crippen LogP contribution in [0.15, 0.2) is 48.5 Å². The van der Waals surface area contributed by atoms with Gasteiger partial charge in [-0.3, -0.25) is 4.90 Å². The van der Waals surface area contributed by atoms with E-state index >= 15 is 0 Å². The van der Waals surface area contributed by atoms with Gasteiger partial charge in [0.05, 0.1) is 18.7 Å². The maximum Gasteiger partial charge on any atom is 0.326 e. The van der Waals surface area contributed by atoms with E-state index in [0.29, 0.717) is 18.8 Å². The fourth-order valence-electron chi connectivity index (χ4n) is 4.44. The number of urea groups is 2. The Morgan fingerprint density at radius 1 is 1.17 bits per heavy atom. The van der Waals surface area contributed by atoms with E-state index in [-0.39, 0.29) is 30.6 Å². The molecule has 2 heterocycles. The summed E-state index contributed by atoms with van der Waals surface area (Å²) in [5.41, 5.74) is 2.01. The molecule has 4 amide bonds. The lowest BCUT2D eigenvalue weighted by atomic mass is 9.72. The Bertz CT molecular complexity index is 953. The summed E-state index contributed by atoms with van der Waals surface area (Å²) in [7, 11) is 0. The van der Waals surface area contributed by atoms with Crippen LogP contribution in [0.25, 0.3) is 0 Å². The number of carbonyl (C=O) groups excluding carboxylic acids is 2. The van der Waals surface area contributed by atoms with Gasteiger partial charge in [0.25, 0.3) is 0 Å². The molecule has 30 heavy (non-hydrogen) atoms. The number of anilines is 2. The summed E-state index contributed by atoms with van der Waals surface area (Å²) in [6, 6.07) is 12.0. The lowest BCUT2D eigenvalue weighted by Crippen LogP contribution is -2.72. The van der Waals surface area contributed by atoms with Crippen molar-refractivity contribution in [2.75, 3.05) is 29.9 Å². The van der Waals surface area contributed by atoms with Crippen LogP contribution in [0.2, 0.25) is 0 Å². The first kappa shape index (κ1) is 20.2. The summed E-state index contributed by atoms with van der Waals surface area (Å²) < 4.78 is 13.5. The highest BCUT2D eigenvalue weighted by Crippen LogP contribution is 2.48. The van der Waals surface area contributed by atoms with Crippen LogP contribution in [0.4, 0.5) is 25.4 Å². The van der Waals surface area contributed by atoms with Crippen LogP contribution < -0.4 is 15.5 Å². The Labute approximate surface area is 174 Å². The standard InChI is InChI=1S/C22H25FN4O3/c1-2-10-24-21(29)27-18-12-26(22(30)25-15-7-5-6-14(23)11-15)17-9-4-3-8-16(17)20(18)19(27)13-28/h3-9,11,18-20,28H,2,10,12-13H2,1H3,(H,24,29)(H,25,30)/t18-,19-,20+/m1/s1. The van der Waals surface area contributed by atoms with Gasteiger partial charge in [0.2, 0.25) is 0 Å². The number of hydrogen-bond donors (Lipinski definition) is 3. The highest BCUT2D eigenvalue weighted by molar-refractivity contribution is 6.03. The molecule has 158 valence electrons. The Kier molecular flexibility index (Phi) is 5.59. The Morgan fingerprint density at radius 2 is 1.97 bits per heavy atom. The monoisotopic (exact) mass is 412 g/mol. The van der Waals surface area contributed by atoms with E-state index in [1.165, 1.54) is 18.2 Å². The third-order valence-corrected chi connectivity index (χ3v) is 5.77. The molecule has 1 fully saturated rings. The van der Waals surface area contributed by atoms with Crippen LogP contribution in [0.5, 0.6) is 0 Å². The summed E-state index contributed by atoms with van der Waals surface area (Å²) in [5.74, 6) is -0.479. The van der Waals surface area contributed by atoms with E-state index in [1.807, 2.05) is 31.2 Å². The molecular weight excluding hydrogens is 387 g/mol. The normalized spacial score (nSPS) is 21.9. The number of para-hydroxylation sites is 1. The molecule has 4 rings (SSSR count). The van der Waals surface area contributed by atoms with Crippen molar-refractivity contribution < 1.29 is 19.1 Å². The van der Waals surface area contributed by atoms with E-state index in [1.54, 1.807) is 15.9 Å². The number of fused-ring (bicyclic) bond motifs is 3. The van der Waals surface area contributed by atoms with Crippen molar-refractivity contribution in [3.8, 4) is 0 Å². The van der Waals surface area contributed by atoms with Crippen LogP contribution in [0.3, 0.4) is 0 Å². The van der Waals surface area contributed by atoms with Crippen molar-refractivity contribution in [2.45, 2.75) is 31.3 Å². The number of hydrogen-bond acceptors (Lipinski definition) is 3. The summed E-state index contributed by atoms with van der Waals surface area (Å²) in [5, 5.41) is 15.5. The average molecular weight is 412 g/mol. The molecule has 0 unspecified atom stereocenters. The van der Waals surface area contributed by atoms with Gasteiger partial charge in [-0.15, -0.1) is 0 Å². The molecule has 0 spiro atoms. The molecule has 2 aromatic rings. The molecule has 0 radical (unpaired) electrons. The van der Waals surface area contributed by atoms with Crippen LogP contribution in [0, 0.1) is 5.82 Å². The molecule has 0 saturated carbocycles. The number of halogens is 1. The van der Waals surface area contributed by atoms with Crippen molar-refractivity contribution in [3.63, 3.8) is 0 Å². The van der Waals surface area contributed by atoms with Crippen LogP contribution in [-0.4, -0.2) is 53.8 Å². The molecule has 0 aliphatic carbocycles. The number of nitrogens with one attached hydrogen (secondary N) is 2. The number of aliphatic hydroxyl groups is 1. The number of aliphatic hydroxyl groups excluding tert-OH is 1. The van der Waals surface area contributed by atoms with E-state index in [4.69, 9.17) is 0 Å². The molecule has 3 atom stereocenters. The second kappa shape index (κ2) is 8.31. The van der Waals surface area contributed by atoms with Gasteiger partial charge in [-0.2, -0.15) is 0 Å². The number of amides is 4. The number of rotatable bonds is 4. The number of carbonyl (C=O) groups is 2. The van der Waals surface area contributed by atoms with Gasteiger partial charge in [-0.25, -0.2) is 14.0 Å². The lowest BCUT2D eigenvalue weighted by molar-refractivity contribution is -0.00673. The minimum atomic E-state index is -0.435. The molecular formula is C22H25FN4O3. The van der Waals surface area contributed by atoms with Crippen molar-refractivity contribution in [2.24, 2.45) is 0 Å². The molecule has 3 N–H and O–H groups in total. The van der Waals surface area contributed by atoms with Crippen LogP contribution >= 0.6 is 0 Å². The second-order valence-corrected chi connectivity index (χ2v) is 7.59. The molecule has 1 saturated heterocycles. The smallest absolute Gasteiger partial charge is 0.326 e. The van der Waals surface area contributed by atoms with E-state index in [2.05, 4.69) is 10.6 Å². The quantitative estimate of drug-likeness (QED) is 0.721. The van der Waals surface area contributed by atoms with Gasteiger partial charge in [0, 0.05) is 30.4 Å². The topological polar surface area (TPSA) is 84.9 Å². The zero-order valence-corrected chi connectivity index (χ0v) is 16.7. The largest absolute Gasteiger partial charge is 0.394 e. The van der Waals surface area contributed by atoms with Gasteiger partial charge >= 0.3 is 12.1 Å². The third kappa shape index (κ3) is 3.47. The van der Waals surface area contributed by atoms with Gasteiger partial charge in [-0.05, 0) is 36.2 Å². The van der Waals surface area contributed by atoms with Crippen molar-refractivity contribution in [3.05, 3.63) is 59.9 Å². The predicted octanol–water partition coefficient (Wildman–Crippen LogP) is 3.13. The van der Waals surface area contributed by atoms with Crippen molar-refractivity contribution in [1.82, 2.24) is 10.2 Å². The fourth-order valence-corrected chi connectivity index (χ4v) is 4.44. The summed E-state index contributed by atoms with van der Waals surface area (Å²) in [6.07, 6.45) is 0.808. The maximum absolute atomic E-state index is 13.5. The first-order chi connectivity index (χ1) is 14.5. The Morgan fingerprint density at radius 3 is 2.70 bits per heavy atom. The van der Waals surface area contributed by atoms with Crippen molar-refractivity contribution >= 4 is 23.4 Å². The van der Waals surface area contributed by atoms with Gasteiger partial charge in [0.15, 0.2) is 0 Å². The highest BCUT2D eigenvalue weighted by atomic mass is 19.1. The first-order valence-corrected chi connectivity index (χ1v) is 10.1. The predicted molar refractivity (Wildman–Crippen MR) is 112 cm³/mol. The minimum Gasteiger partial charge on any atom is -0.394 e. The average Bonchev–Trinajstić information content (AvgIpc) is 2.72. The minimum absolute atomic E-state index is 0.0446. The molecule has 7 nitrogen and oxygen atoms in total. The summed E-state index contributed by atoms with van der Waals surface area (Å²) >= 11 is 0. The third-order valence-electron chi connectivity index (χ3n) is 5.77. The summed E-state index contributed by atoms with van der Waals surface area (Å²) in [4.78, 5) is 28.9. The fraction of sp³-hybridized carbons (Fsp3) is 0.364. The number of benzene rings is 2. The van der Waals surface area contributed by atoms with E-state index in [9.17, 15) is 19.1 Å². The van der Waals surface area contributed by atoms with Gasteiger partial charge in [-0.1, -0.05) is 31.2 Å². The van der Waals surface area contributed by atoms with Crippen molar-refractivity contribution in [1.29, 1.82) is 0 Å². The van der Waals surface area contributed by atoms with E-state index < -0.39 is 11.8 Å². The maximum atomic E-state index is 13.5. The van der Waals surface area contributed by atoms with E-state index in [0.717, 1.165) is 17.7 Å².